The van der Waals surface area contributed by atoms with E-state index in [1.165, 1.54) is 19.2 Å². The van der Waals surface area contributed by atoms with Crippen molar-refractivity contribution >= 4 is 17.7 Å². The van der Waals surface area contributed by atoms with Gasteiger partial charge in [0.15, 0.2) is 0 Å². The van der Waals surface area contributed by atoms with E-state index in [-0.39, 0.29) is 11.6 Å². The van der Waals surface area contributed by atoms with Crippen LogP contribution >= 0.6 is 0 Å². The van der Waals surface area contributed by atoms with Crippen molar-refractivity contribution in [1.29, 1.82) is 0 Å². The summed E-state index contributed by atoms with van der Waals surface area (Å²) >= 11 is 0. The van der Waals surface area contributed by atoms with Gasteiger partial charge in [0, 0.05) is 13.1 Å². The molecule has 0 saturated carbocycles. The number of alkyl carbamates (subject to hydrolysis) is 1. The first-order valence-electron chi connectivity index (χ1n) is 6.13. The van der Waals surface area contributed by atoms with Gasteiger partial charge in [0.1, 0.15) is 5.82 Å². The lowest BCUT2D eigenvalue weighted by Crippen LogP contribution is -2.37. The number of rotatable bonds is 3. The van der Waals surface area contributed by atoms with Crippen LogP contribution in [-0.4, -0.2) is 43.4 Å². The number of carboxylic acid groups (broad SMARTS) is 1. The Labute approximate surface area is 115 Å². The van der Waals surface area contributed by atoms with E-state index in [0.29, 0.717) is 25.2 Å². The summed E-state index contributed by atoms with van der Waals surface area (Å²) in [5, 5.41) is 11.8. The minimum Gasteiger partial charge on any atom is -0.478 e. The number of hydrogen-bond acceptors (Lipinski definition) is 4. The number of hydrogen-bond donors (Lipinski definition) is 2. The molecule has 6 nitrogen and oxygen atoms in total. The molecular weight excluding hydrogens is 267 g/mol. The number of carbonyl (C=O) groups is 2. The van der Waals surface area contributed by atoms with E-state index in [2.05, 4.69) is 10.1 Å². The zero-order chi connectivity index (χ0) is 14.7. The molecule has 1 heterocycles. The van der Waals surface area contributed by atoms with Crippen molar-refractivity contribution in [3.63, 3.8) is 0 Å². The summed E-state index contributed by atoms with van der Waals surface area (Å²) in [6, 6.07) is 3.55. The average molecular weight is 282 g/mol. The Morgan fingerprint density at radius 1 is 1.50 bits per heavy atom. The highest BCUT2D eigenvalue weighted by atomic mass is 19.1. The first kappa shape index (κ1) is 14.1. The highest BCUT2D eigenvalue weighted by molar-refractivity contribution is 5.94. The Bertz CT molecular complexity index is 535. The lowest BCUT2D eigenvalue weighted by molar-refractivity contribution is 0.0697. The van der Waals surface area contributed by atoms with Gasteiger partial charge < -0.3 is 20.1 Å². The van der Waals surface area contributed by atoms with Gasteiger partial charge in [0.25, 0.3) is 0 Å². The van der Waals surface area contributed by atoms with E-state index in [1.807, 2.05) is 4.90 Å². The third kappa shape index (κ3) is 2.98. The van der Waals surface area contributed by atoms with Gasteiger partial charge in [-0.2, -0.15) is 0 Å². The topological polar surface area (TPSA) is 78.9 Å². The summed E-state index contributed by atoms with van der Waals surface area (Å²) in [6.45, 7) is 1.04. The number of carboxylic acids is 1. The molecular formula is C13H15FN2O4. The van der Waals surface area contributed by atoms with Crippen LogP contribution in [0.5, 0.6) is 0 Å². The quantitative estimate of drug-likeness (QED) is 0.877. The van der Waals surface area contributed by atoms with Gasteiger partial charge in [-0.3, -0.25) is 0 Å². The van der Waals surface area contributed by atoms with Crippen LogP contribution in [-0.2, 0) is 4.74 Å². The predicted molar refractivity (Wildman–Crippen MR) is 69.5 cm³/mol. The average Bonchev–Trinajstić information content (AvgIpc) is 2.86. The van der Waals surface area contributed by atoms with Crippen molar-refractivity contribution in [2.75, 3.05) is 25.1 Å². The Morgan fingerprint density at radius 2 is 2.25 bits per heavy atom. The van der Waals surface area contributed by atoms with Crippen molar-refractivity contribution in [2.24, 2.45) is 0 Å². The summed E-state index contributed by atoms with van der Waals surface area (Å²) in [5.74, 6) is -1.77. The summed E-state index contributed by atoms with van der Waals surface area (Å²) in [5.41, 5.74) is 0.372. The largest absolute Gasteiger partial charge is 0.478 e. The van der Waals surface area contributed by atoms with Gasteiger partial charge in [0.05, 0.1) is 24.4 Å². The van der Waals surface area contributed by atoms with E-state index in [9.17, 15) is 14.0 Å². The third-order valence-electron chi connectivity index (χ3n) is 3.23. The van der Waals surface area contributed by atoms with Gasteiger partial charge in [0.2, 0.25) is 0 Å². The number of nitrogens with zero attached hydrogens (tertiary/aromatic N) is 1. The van der Waals surface area contributed by atoms with Gasteiger partial charge >= 0.3 is 12.1 Å². The van der Waals surface area contributed by atoms with Crippen molar-refractivity contribution in [3.05, 3.63) is 29.6 Å². The fourth-order valence-electron chi connectivity index (χ4n) is 2.28. The molecule has 1 aliphatic rings. The fourth-order valence-corrected chi connectivity index (χ4v) is 2.28. The van der Waals surface area contributed by atoms with Crippen LogP contribution in [0.25, 0.3) is 0 Å². The summed E-state index contributed by atoms with van der Waals surface area (Å²) in [6.07, 6.45) is 0.153. The first-order chi connectivity index (χ1) is 9.51. The molecule has 1 aromatic carbocycles. The number of ether oxygens (including phenoxy) is 1. The lowest BCUT2D eigenvalue weighted by Gasteiger charge is -2.20. The van der Waals surface area contributed by atoms with E-state index in [4.69, 9.17) is 5.11 Å². The molecule has 1 atom stereocenters. The molecule has 0 aromatic heterocycles. The minimum atomic E-state index is -1.18. The van der Waals surface area contributed by atoms with Crippen LogP contribution in [0.2, 0.25) is 0 Å². The maximum atomic E-state index is 13.1. The number of nitrogens with one attached hydrogen (secondary N) is 1. The summed E-state index contributed by atoms with van der Waals surface area (Å²) in [7, 11) is 1.28. The second-order valence-corrected chi connectivity index (χ2v) is 4.53. The van der Waals surface area contributed by atoms with Crippen molar-refractivity contribution < 1.29 is 23.8 Å². The van der Waals surface area contributed by atoms with Crippen LogP contribution in [0, 0.1) is 5.82 Å². The molecule has 108 valence electrons. The van der Waals surface area contributed by atoms with E-state index < -0.39 is 17.9 Å². The molecule has 1 aromatic rings. The number of carbonyl (C=O) groups excluding carboxylic acids is 1. The molecule has 0 bridgehead atoms. The normalized spacial score (nSPS) is 17.9. The highest BCUT2D eigenvalue weighted by Gasteiger charge is 2.27. The molecule has 2 rings (SSSR count). The third-order valence-corrected chi connectivity index (χ3v) is 3.23. The van der Waals surface area contributed by atoms with E-state index in [0.717, 1.165) is 6.07 Å². The Balaban J connectivity index is 2.14. The molecule has 0 radical (unpaired) electrons. The van der Waals surface area contributed by atoms with Gasteiger partial charge in [-0.15, -0.1) is 0 Å². The number of halogens is 1. The number of anilines is 1. The molecule has 7 heteroatoms. The molecule has 0 aliphatic carbocycles. The second kappa shape index (κ2) is 5.77. The smallest absolute Gasteiger partial charge is 0.407 e. The fraction of sp³-hybridized carbons (Fsp3) is 0.385. The van der Waals surface area contributed by atoms with Gasteiger partial charge in [-0.05, 0) is 24.6 Å². The standard InChI is InChI=1S/C13H15FN2O4/c1-20-13(19)15-9-4-5-16(7-9)11-3-2-8(14)6-10(11)12(17)18/h2-3,6,9H,4-5,7H2,1H3,(H,15,19)(H,17,18). The van der Waals surface area contributed by atoms with Crippen LogP contribution in [0.4, 0.5) is 14.9 Å². The molecule has 1 aliphatic heterocycles. The van der Waals surface area contributed by atoms with Gasteiger partial charge in [-0.25, -0.2) is 14.0 Å². The molecule has 1 fully saturated rings. The highest BCUT2D eigenvalue weighted by Crippen LogP contribution is 2.25. The maximum absolute atomic E-state index is 13.1. The number of aromatic carboxylic acids is 1. The molecule has 1 saturated heterocycles. The van der Waals surface area contributed by atoms with E-state index >= 15 is 0 Å². The van der Waals surface area contributed by atoms with Gasteiger partial charge in [-0.1, -0.05) is 0 Å². The molecule has 2 N–H and O–H groups in total. The van der Waals surface area contributed by atoms with Crippen LogP contribution in [0.3, 0.4) is 0 Å². The molecule has 1 amide bonds. The second-order valence-electron chi connectivity index (χ2n) is 4.53. The monoisotopic (exact) mass is 282 g/mol. The van der Waals surface area contributed by atoms with Crippen LogP contribution in [0.1, 0.15) is 16.8 Å². The van der Waals surface area contributed by atoms with Crippen molar-refractivity contribution in [2.45, 2.75) is 12.5 Å². The summed E-state index contributed by atoms with van der Waals surface area (Å²) in [4.78, 5) is 24.1. The Kier molecular flexibility index (Phi) is 4.07. The SMILES string of the molecule is COC(=O)NC1CCN(c2ccc(F)cc2C(=O)O)C1. The lowest BCUT2D eigenvalue weighted by atomic mass is 10.1. The minimum absolute atomic E-state index is 0.0799. The number of methoxy groups -OCH3 is 1. The van der Waals surface area contributed by atoms with Crippen molar-refractivity contribution in [1.82, 2.24) is 5.32 Å². The number of benzene rings is 1. The predicted octanol–water partition coefficient (Wildman–Crippen LogP) is 1.46. The Hall–Kier alpha value is -2.31. The molecule has 20 heavy (non-hydrogen) atoms. The molecule has 1 unspecified atom stereocenters. The van der Waals surface area contributed by atoms with E-state index in [1.54, 1.807) is 0 Å². The van der Waals surface area contributed by atoms with Crippen LogP contribution in [0.15, 0.2) is 18.2 Å². The summed E-state index contributed by atoms with van der Waals surface area (Å²) < 4.78 is 17.7. The molecule has 0 spiro atoms. The maximum Gasteiger partial charge on any atom is 0.407 e. The first-order valence-corrected chi connectivity index (χ1v) is 6.13. The van der Waals surface area contributed by atoms with Crippen molar-refractivity contribution in [3.8, 4) is 0 Å². The Morgan fingerprint density at radius 3 is 2.90 bits per heavy atom. The zero-order valence-electron chi connectivity index (χ0n) is 10.9. The zero-order valence-corrected chi connectivity index (χ0v) is 10.9. The number of amides is 1. The van der Waals surface area contributed by atoms with Crippen LogP contribution < -0.4 is 10.2 Å².